The molecule has 0 saturated carbocycles. The van der Waals surface area contributed by atoms with Crippen LogP contribution in [0.25, 0.3) is 17.0 Å². The van der Waals surface area contributed by atoms with E-state index in [-0.39, 0.29) is 28.0 Å². The summed E-state index contributed by atoms with van der Waals surface area (Å²) in [4.78, 5) is 58.2. The monoisotopic (exact) mass is 683 g/mol. The molecule has 0 aliphatic carbocycles. The number of nitrogens with one attached hydrogen (secondary N) is 2. The molecule has 1 aliphatic heterocycles. The van der Waals surface area contributed by atoms with Gasteiger partial charge in [-0.1, -0.05) is 71.0 Å². The fraction of sp³-hybridized carbons (Fsp3) is 0.385. The van der Waals surface area contributed by atoms with Crippen molar-refractivity contribution in [3.63, 3.8) is 0 Å². The Hall–Kier alpha value is -4.54. The van der Waals surface area contributed by atoms with Gasteiger partial charge in [-0.15, -0.1) is 6.58 Å². The largest absolute Gasteiger partial charge is 0.467 e. The van der Waals surface area contributed by atoms with Crippen LogP contribution in [0.15, 0.2) is 73.0 Å². The van der Waals surface area contributed by atoms with Gasteiger partial charge in [0.05, 0.1) is 24.3 Å². The minimum absolute atomic E-state index is 0.0147. The molecule has 0 fully saturated rings. The molecule has 0 saturated heterocycles. The number of aromatic nitrogens is 1. The Morgan fingerprint density at radius 1 is 1.04 bits per heavy atom. The number of benzene rings is 2. The molecular formula is C39H49N3O6Si. The summed E-state index contributed by atoms with van der Waals surface area (Å²) < 4.78 is 11.6. The normalized spacial score (nSPS) is 15.2. The van der Waals surface area contributed by atoms with Gasteiger partial charge < -0.3 is 19.5 Å². The lowest BCUT2D eigenvalue weighted by atomic mass is 9.86. The Morgan fingerprint density at radius 2 is 1.63 bits per heavy atom. The van der Waals surface area contributed by atoms with E-state index in [1.165, 1.54) is 14.0 Å². The van der Waals surface area contributed by atoms with E-state index in [1.54, 1.807) is 36.4 Å². The molecule has 2 N–H and O–H groups in total. The Bertz CT molecular complexity index is 1840. The number of allylic oxidation sites excluding steroid dienone is 1. The second kappa shape index (κ2) is 13.8. The maximum atomic E-state index is 14.0. The lowest BCUT2D eigenvalue weighted by Crippen LogP contribution is -2.44. The first-order chi connectivity index (χ1) is 22.7. The van der Waals surface area contributed by atoms with Crippen molar-refractivity contribution in [2.75, 3.05) is 7.11 Å². The smallest absolute Gasteiger partial charge is 0.328 e. The average Bonchev–Trinajstić information content (AvgIpc) is 3.52. The second-order valence-electron chi connectivity index (χ2n) is 14.9. The van der Waals surface area contributed by atoms with Crippen LogP contribution in [0.3, 0.4) is 0 Å². The number of hydrogen-bond donors (Lipinski definition) is 2. The van der Waals surface area contributed by atoms with Gasteiger partial charge in [-0.3, -0.25) is 14.4 Å². The topological polar surface area (TPSA) is 118 Å². The van der Waals surface area contributed by atoms with E-state index in [1.807, 2.05) is 39.0 Å². The highest BCUT2D eigenvalue weighted by Crippen LogP contribution is 2.39. The fourth-order valence-electron chi connectivity index (χ4n) is 5.49. The van der Waals surface area contributed by atoms with E-state index in [0.29, 0.717) is 12.0 Å². The number of carbonyl (C=O) groups is 4. The molecule has 0 spiro atoms. The molecule has 0 bridgehead atoms. The first-order valence-electron chi connectivity index (χ1n) is 16.4. The van der Waals surface area contributed by atoms with Gasteiger partial charge in [0.15, 0.2) is 8.32 Å². The molecule has 10 heteroatoms. The van der Waals surface area contributed by atoms with Crippen molar-refractivity contribution in [1.29, 1.82) is 0 Å². The van der Waals surface area contributed by atoms with Crippen molar-refractivity contribution in [2.24, 2.45) is 0 Å². The van der Waals surface area contributed by atoms with Crippen molar-refractivity contribution in [3.05, 3.63) is 101 Å². The van der Waals surface area contributed by atoms with Crippen molar-refractivity contribution >= 4 is 49.0 Å². The van der Waals surface area contributed by atoms with Crippen LogP contribution in [-0.4, -0.2) is 61.1 Å². The second-order valence-corrected chi connectivity index (χ2v) is 19.6. The van der Waals surface area contributed by atoms with Crippen molar-refractivity contribution < 1.29 is 28.3 Å². The van der Waals surface area contributed by atoms with Crippen LogP contribution in [0.2, 0.25) is 18.1 Å². The molecule has 3 aromatic rings. The van der Waals surface area contributed by atoms with Crippen LogP contribution in [-0.2, 0) is 30.6 Å². The molecule has 49 heavy (non-hydrogen) atoms. The van der Waals surface area contributed by atoms with E-state index in [9.17, 15) is 19.2 Å². The van der Waals surface area contributed by atoms with Crippen LogP contribution in [0.4, 0.5) is 0 Å². The minimum Gasteiger partial charge on any atom is -0.467 e. The number of hydrogen-bond acceptors (Lipinski definition) is 6. The first-order valence-corrected chi connectivity index (χ1v) is 19.3. The third-order valence-corrected chi connectivity index (χ3v) is 14.2. The van der Waals surface area contributed by atoms with Crippen LogP contribution in [0.5, 0.6) is 0 Å². The average molecular weight is 684 g/mol. The summed E-state index contributed by atoms with van der Waals surface area (Å²) in [6.45, 7) is 26.8. The maximum absolute atomic E-state index is 14.0. The highest BCUT2D eigenvalue weighted by molar-refractivity contribution is 6.74. The predicted molar refractivity (Wildman–Crippen MR) is 197 cm³/mol. The van der Waals surface area contributed by atoms with Gasteiger partial charge in [0.25, 0.3) is 17.7 Å². The number of rotatable bonds is 12. The summed E-state index contributed by atoms with van der Waals surface area (Å²) >= 11 is 0. The zero-order chi connectivity index (χ0) is 36.6. The van der Waals surface area contributed by atoms with Crippen LogP contribution >= 0.6 is 0 Å². The van der Waals surface area contributed by atoms with E-state index in [0.717, 1.165) is 32.6 Å². The minimum atomic E-state index is -2.12. The number of fused-ring (bicyclic) bond motifs is 2. The molecule has 0 radical (unpaired) electrons. The molecule has 2 heterocycles. The fourth-order valence-corrected chi connectivity index (χ4v) is 6.84. The third-order valence-electron chi connectivity index (χ3n) is 9.72. The number of imide groups is 1. The lowest BCUT2D eigenvalue weighted by molar-refractivity contribution is -0.144. The molecule has 4 rings (SSSR count). The third kappa shape index (κ3) is 7.40. The Balaban J connectivity index is 1.93. The quantitative estimate of drug-likeness (QED) is 0.0673. The summed E-state index contributed by atoms with van der Waals surface area (Å²) in [5, 5.41) is 3.40. The highest BCUT2D eigenvalue weighted by Gasteiger charge is 2.41. The Morgan fingerprint density at radius 3 is 2.14 bits per heavy atom. The van der Waals surface area contributed by atoms with Crippen LogP contribution < -0.4 is 5.32 Å². The number of amides is 3. The summed E-state index contributed by atoms with van der Waals surface area (Å²) in [6, 6.07) is 11.4. The number of H-pyrrole nitrogens is 1. The Kier molecular flexibility index (Phi) is 10.5. The zero-order valence-electron chi connectivity index (χ0n) is 30.4. The van der Waals surface area contributed by atoms with Gasteiger partial charge in [-0.05, 0) is 67.9 Å². The van der Waals surface area contributed by atoms with Gasteiger partial charge >= 0.3 is 5.97 Å². The molecule has 2 aromatic carbocycles. The van der Waals surface area contributed by atoms with Crippen molar-refractivity contribution in [3.8, 4) is 0 Å². The maximum Gasteiger partial charge on any atom is 0.328 e. The molecule has 9 nitrogen and oxygen atoms in total. The van der Waals surface area contributed by atoms with Gasteiger partial charge in [-0.25, -0.2) is 9.69 Å². The van der Waals surface area contributed by atoms with Crippen LogP contribution in [0, 0.1) is 0 Å². The standard InChI is InChI=1S/C39H49N3O6Si/c1-13-39(8,9)33-29(28-20-25(18-19-30(28)41-33)21-32(23(2)3)48-49(11,12)38(5,6)7)22-31(34(43)40-24(4)37(46)47-10)42-35(44)26-16-14-15-17-27(26)36(42)45/h13-20,22,24,32,41H,1-2,21H2,3-12H3,(H,40,43)/b31-22-/t24-,32+/m0/s1. The number of ether oxygens (including phenoxy) is 1. The summed E-state index contributed by atoms with van der Waals surface area (Å²) in [6.07, 6.45) is 3.71. The first kappa shape index (κ1) is 37.3. The number of aromatic amines is 1. The van der Waals surface area contributed by atoms with Gasteiger partial charge in [0.1, 0.15) is 11.7 Å². The molecule has 260 valence electrons. The van der Waals surface area contributed by atoms with Gasteiger partial charge in [-0.2, -0.15) is 0 Å². The molecule has 1 aliphatic rings. The number of methoxy groups -OCH3 is 1. The SMILES string of the molecule is C=CC(C)(C)c1[nH]c2ccc(C[C@@H](O[Si](C)(C)C(C)(C)C)C(=C)C)cc2c1/C=C(/C(=O)N[C@@H](C)C(=O)OC)N1C(=O)c2ccccc2C1=O. The van der Waals surface area contributed by atoms with Crippen molar-refractivity contribution in [2.45, 2.75) is 90.6 Å². The summed E-state index contributed by atoms with van der Waals surface area (Å²) in [5.74, 6) is -2.73. The number of carbonyl (C=O) groups excluding carboxylic acids is 4. The van der Waals surface area contributed by atoms with E-state index in [4.69, 9.17) is 9.16 Å². The molecule has 3 amide bonds. The highest BCUT2D eigenvalue weighted by atomic mass is 28.4. The van der Waals surface area contributed by atoms with E-state index in [2.05, 4.69) is 57.3 Å². The van der Waals surface area contributed by atoms with E-state index < -0.39 is 43.5 Å². The van der Waals surface area contributed by atoms with E-state index >= 15 is 0 Å². The van der Waals surface area contributed by atoms with Crippen LogP contribution in [0.1, 0.15) is 86.0 Å². The molecule has 0 unspecified atom stereocenters. The zero-order valence-corrected chi connectivity index (χ0v) is 31.4. The Labute approximate surface area is 290 Å². The summed E-state index contributed by atoms with van der Waals surface area (Å²) in [7, 11) is -0.906. The number of nitrogens with zero attached hydrogens (tertiary/aromatic N) is 1. The number of esters is 1. The molecular weight excluding hydrogens is 635 g/mol. The van der Waals surface area contributed by atoms with Gasteiger partial charge in [0, 0.05) is 34.0 Å². The molecule has 2 atom stereocenters. The molecule has 1 aromatic heterocycles. The van der Waals surface area contributed by atoms with Crippen molar-refractivity contribution in [1.82, 2.24) is 15.2 Å². The lowest BCUT2D eigenvalue weighted by Gasteiger charge is -2.39. The summed E-state index contributed by atoms with van der Waals surface area (Å²) in [5.41, 5.74) is 3.58. The van der Waals surface area contributed by atoms with Gasteiger partial charge in [0.2, 0.25) is 0 Å². The predicted octanol–water partition coefficient (Wildman–Crippen LogP) is 7.46.